The van der Waals surface area contributed by atoms with Gasteiger partial charge in [0.1, 0.15) is 12.4 Å². The Hall–Kier alpha value is -2.32. The molecule has 0 unspecified atom stereocenters. The van der Waals surface area contributed by atoms with Gasteiger partial charge in [-0.25, -0.2) is 9.82 Å². The number of hydrazone groups is 1. The number of rotatable bonds is 9. The second-order valence-electron chi connectivity index (χ2n) is 6.20. The fourth-order valence-corrected chi connectivity index (χ4v) is 3.06. The number of hydrogen-bond donors (Lipinski definition) is 1. The molecule has 0 heterocycles. The summed E-state index contributed by atoms with van der Waals surface area (Å²) in [7, 11) is 0. The van der Waals surface area contributed by atoms with Crippen molar-refractivity contribution in [3.8, 4) is 11.5 Å². The smallest absolute Gasteiger partial charge is 0.462 e. The molecule has 0 aliphatic rings. The van der Waals surface area contributed by atoms with Crippen molar-refractivity contribution in [2.24, 2.45) is 5.10 Å². The fourth-order valence-electron chi connectivity index (χ4n) is 2.28. The number of hydrogen-bond acceptors (Lipinski definition) is 4. The maximum absolute atomic E-state index is 13.3. The molecule has 0 fully saturated rings. The highest BCUT2D eigenvalue weighted by Gasteiger charge is 2.73. The van der Waals surface area contributed by atoms with Gasteiger partial charge in [0.25, 0.3) is 0 Å². The van der Waals surface area contributed by atoms with Crippen LogP contribution in [0.1, 0.15) is 18.1 Å². The minimum absolute atomic E-state index is 0.0262. The number of alkyl halides is 7. The molecular formula is C19H15F8IN2O2. The van der Waals surface area contributed by atoms with E-state index in [0.29, 0.717) is 20.8 Å². The quantitative estimate of drug-likeness (QED) is 0.127. The van der Waals surface area contributed by atoms with Crippen LogP contribution in [0.15, 0.2) is 41.5 Å². The van der Waals surface area contributed by atoms with Gasteiger partial charge in [-0.3, -0.25) is 0 Å². The first-order valence-corrected chi connectivity index (χ1v) is 9.82. The van der Waals surface area contributed by atoms with Gasteiger partial charge < -0.3 is 9.47 Å². The van der Waals surface area contributed by atoms with E-state index >= 15 is 0 Å². The molecule has 2 aromatic rings. The van der Waals surface area contributed by atoms with Gasteiger partial charge >= 0.3 is 18.1 Å². The molecule has 0 saturated heterocycles. The Morgan fingerprint density at radius 2 is 1.72 bits per heavy atom. The van der Waals surface area contributed by atoms with Crippen molar-refractivity contribution in [3.05, 3.63) is 56.9 Å². The van der Waals surface area contributed by atoms with Gasteiger partial charge in [-0.2, -0.15) is 35.8 Å². The lowest BCUT2D eigenvalue weighted by Gasteiger charge is -2.27. The minimum Gasteiger partial charge on any atom is -0.490 e. The fraction of sp³-hybridized carbons (Fsp3) is 0.316. The van der Waals surface area contributed by atoms with Gasteiger partial charge in [0.05, 0.1) is 16.4 Å². The van der Waals surface area contributed by atoms with E-state index in [-0.39, 0.29) is 30.3 Å². The second kappa shape index (κ2) is 10.1. The summed E-state index contributed by atoms with van der Waals surface area (Å²) < 4.78 is 114. The number of halogens is 9. The molecule has 0 amide bonds. The molecule has 2 aromatic carbocycles. The van der Waals surface area contributed by atoms with Crippen LogP contribution in [0.5, 0.6) is 11.5 Å². The van der Waals surface area contributed by atoms with E-state index in [1.807, 2.05) is 22.6 Å². The van der Waals surface area contributed by atoms with E-state index in [4.69, 9.17) is 9.47 Å². The van der Waals surface area contributed by atoms with Crippen molar-refractivity contribution in [3.63, 3.8) is 0 Å². The van der Waals surface area contributed by atoms with Crippen LogP contribution in [0.4, 0.5) is 35.1 Å². The monoisotopic (exact) mass is 582 g/mol. The number of nitrogens with zero attached hydrogens (tertiary/aromatic N) is 1. The Bertz CT molecular complexity index is 967. The van der Waals surface area contributed by atoms with Gasteiger partial charge in [-0.1, -0.05) is 12.1 Å². The molecule has 0 spiro atoms. The molecule has 32 heavy (non-hydrogen) atoms. The van der Waals surface area contributed by atoms with Crippen LogP contribution in [-0.4, -0.2) is 31.0 Å². The molecule has 0 bridgehead atoms. The standard InChI is InChI=1S/C19H15F8IN2O2/c1-2-31-15-8-12(9-29-30-19(26,27)17(21,22)18(23,24)25)7-14(28)16(15)32-10-11-4-3-5-13(20)6-11/h3-9,30H,2,10H2,1H3/b29-9+. The molecule has 0 aliphatic carbocycles. The molecule has 0 aliphatic heterocycles. The lowest BCUT2D eigenvalue weighted by molar-refractivity contribution is -0.361. The van der Waals surface area contributed by atoms with E-state index in [9.17, 15) is 35.1 Å². The molecule has 0 saturated carbocycles. The summed E-state index contributed by atoms with van der Waals surface area (Å²) in [4.78, 5) is 0. The van der Waals surface area contributed by atoms with Crippen LogP contribution in [0.3, 0.4) is 0 Å². The van der Waals surface area contributed by atoms with Crippen LogP contribution in [0, 0.1) is 9.39 Å². The lowest BCUT2D eigenvalue weighted by Crippen LogP contribution is -2.58. The summed E-state index contributed by atoms with van der Waals surface area (Å²) in [5, 5.41) is 2.82. The summed E-state index contributed by atoms with van der Waals surface area (Å²) in [6, 6.07) is 2.57. The Morgan fingerprint density at radius 3 is 2.31 bits per heavy atom. The normalized spacial score (nSPS) is 12.8. The van der Waals surface area contributed by atoms with Crippen LogP contribution in [0.25, 0.3) is 0 Å². The van der Waals surface area contributed by atoms with E-state index in [2.05, 4.69) is 5.10 Å². The third kappa shape index (κ3) is 6.13. The summed E-state index contributed by atoms with van der Waals surface area (Å²) in [5.41, 5.74) is 1.12. The van der Waals surface area contributed by atoms with E-state index in [0.717, 1.165) is 0 Å². The highest BCUT2D eigenvalue weighted by molar-refractivity contribution is 14.1. The van der Waals surface area contributed by atoms with Gasteiger partial charge in [-0.05, 0) is 64.9 Å². The zero-order valence-electron chi connectivity index (χ0n) is 16.1. The van der Waals surface area contributed by atoms with Crippen molar-refractivity contribution in [2.75, 3.05) is 6.61 Å². The summed E-state index contributed by atoms with van der Waals surface area (Å²) in [6.07, 6.45) is -5.85. The molecule has 0 atom stereocenters. The SMILES string of the molecule is CCOc1cc(/C=N/NC(F)(F)C(F)(F)C(F)(F)F)cc(I)c1OCc1cccc(F)c1. The molecular weight excluding hydrogens is 567 g/mol. The number of nitrogens with one attached hydrogen (secondary N) is 1. The van der Waals surface area contributed by atoms with Crippen molar-refractivity contribution < 1.29 is 44.6 Å². The Kier molecular flexibility index (Phi) is 8.17. The molecule has 4 nitrogen and oxygen atoms in total. The number of benzene rings is 2. The van der Waals surface area contributed by atoms with Crippen molar-refractivity contribution >= 4 is 28.8 Å². The van der Waals surface area contributed by atoms with E-state index < -0.39 is 24.0 Å². The highest BCUT2D eigenvalue weighted by atomic mass is 127. The molecule has 13 heteroatoms. The molecule has 0 radical (unpaired) electrons. The van der Waals surface area contributed by atoms with E-state index in [1.165, 1.54) is 30.3 Å². The Morgan fingerprint density at radius 1 is 1.03 bits per heavy atom. The summed E-state index contributed by atoms with van der Waals surface area (Å²) >= 11 is 1.81. The number of ether oxygens (including phenoxy) is 2. The first kappa shape index (κ1) is 25.9. The van der Waals surface area contributed by atoms with Crippen molar-refractivity contribution in [1.29, 1.82) is 0 Å². The zero-order valence-corrected chi connectivity index (χ0v) is 18.3. The van der Waals surface area contributed by atoms with Crippen LogP contribution < -0.4 is 14.9 Å². The van der Waals surface area contributed by atoms with E-state index in [1.54, 1.807) is 13.0 Å². The maximum atomic E-state index is 13.3. The topological polar surface area (TPSA) is 42.8 Å². The minimum atomic E-state index is -6.48. The third-order valence-corrected chi connectivity index (χ3v) is 4.57. The Balaban J connectivity index is 2.21. The first-order valence-electron chi connectivity index (χ1n) is 8.74. The lowest BCUT2D eigenvalue weighted by atomic mass is 10.2. The summed E-state index contributed by atoms with van der Waals surface area (Å²) in [5.74, 6) is -6.44. The summed E-state index contributed by atoms with van der Waals surface area (Å²) in [6.45, 7) is 1.79. The first-order chi connectivity index (χ1) is 14.8. The van der Waals surface area contributed by atoms with Crippen LogP contribution in [0.2, 0.25) is 0 Å². The predicted molar refractivity (Wildman–Crippen MR) is 108 cm³/mol. The molecule has 176 valence electrons. The maximum Gasteiger partial charge on any atom is 0.462 e. The van der Waals surface area contributed by atoms with Crippen molar-refractivity contribution in [1.82, 2.24) is 5.43 Å². The molecule has 0 aromatic heterocycles. The average Bonchev–Trinajstić information content (AvgIpc) is 2.66. The second-order valence-corrected chi connectivity index (χ2v) is 7.36. The predicted octanol–water partition coefficient (Wildman–Crippen LogP) is 6.12. The van der Waals surface area contributed by atoms with Gasteiger partial charge in [-0.15, -0.1) is 0 Å². The molecule has 2 rings (SSSR count). The van der Waals surface area contributed by atoms with Gasteiger partial charge in [0, 0.05) is 0 Å². The molecule has 1 N–H and O–H groups in total. The van der Waals surface area contributed by atoms with Crippen LogP contribution in [-0.2, 0) is 6.61 Å². The van der Waals surface area contributed by atoms with Gasteiger partial charge in [0.15, 0.2) is 11.5 Å². The zero-order chi connectivity index (χ0) is 24.2. The average molecular weight is 582 g/mol. The van der Waals surface area contributed by atoms with Gasteiger partial charge in [0.2, 0.25) is 0 Å². The largest absolute Gasteiger partial charge is 0.490 e. The Labute approximate surface area is 190 Å². The third-order valence-electron chi connectivity index (χ3n) is 3.77. The van der Waals surface area contributed by atoms with Crippen LogP contribution >= 0.6 is 22.6 Å². The van der Waals surface area contributed by atoms with Crippen molar-refractivity contribution in [2.45, 2.75) is 31.7 Å². The highest BCUT2D eigenvalue weighted by Crippen LogP contribution is 2.45.